The van der Waals surface area contributed by atoms with E-state index in [1.165, 1.54) is 6.20 Å². The highest BCUT2D eigenvalue weighted by atomic mass is 16.2. The molecule has 160 valence electrons. The van der Waals surface area contributed by atoms with Gasteiger partial charge in [0.05, 0.1) is 18.3 Å². The topological polar surface area (TPSA) is 86.9 Å². The average Bonchev–Trinajstić information content (AvgIpc) is 3.29. The van der Waals surface area contributed by atoms with E-state index < -0.39 is 0 Å². The number of hydrogen-bond donors (Lipinski definition) is 3. The fourth-order valence-corrected chi connectivity index (χ4v) is 3.43. The minimum absolute atomic E-state index is 0.204. The highest BCUT2D eigenvalue weighted by Crippen LogP contribution is 2.20. The van der Waals surface area contributed by atoms with Gasteiger partial charge < -0.3 is 10.6 Å². The third-order valence-electron chi connectivity index (χ3n) is 5.11. The molecule has 0 fully saturated rings. The Kier molecular flexibility index (Phi) is 6.72. The van der Waals surface area contributed by atoms with Crippen molar-refractivity contribution in [2.24, 2.45) is 0 Å². The Labute approximate surface area is 186 Å². The van der Waals surface area contributed by atoms with Gasteiger partial charge in [0.15, 0.2) is 0 Å². The number of hydrogen-bond acceptors (Lipinski definition) is 3. The predicted octanol–water partition coefficient (Wildman–Crippen LogP) is 4.23. The summed E-state index contributed by atoms with van der Waals surface area (Å²) in [5.74, 6) is -0.516. The number of amides is 2. The molecule has 3 aromatic carbocycles. The molecule has 4 rings (SSSR count). The summed E-state index contributed by atoms with van der Waals surface area (Å²) in [5, 5.41) is 12.2. The van der Waals surface area contributed by atoms with Gasteiger partial charge in [-0.15, -0.1) is 0 Å². The van der Waals surface area contributed by atoms with E-state index in [0.717, 1.165) is 28.7 Å². The number of aromatic amines is 1. The van der Waals surface area contributed by atoms with Crippen LogP contribution < -0.4 is 10.6 Å². The van der Waals surface area contributed by atoms with Crippen LogP contribution in [0.4, 0.5) is 5.69 Å². The molecule has 3 N–H and O–H groups in total. The number of carbonyl (C=O) groups excluding carboxylic acids is 2. The molecule has 0 aliphatic carbocycles. The third-order valence-corrected chi connectivity index (χ3v) is 5.11. The van der Waals surface area contributed by atoms with Gasteiger partial charge in [-0.25, -0.2) is 0 Å². The molecule has 0 spiro atoms. The van der Waals surface area contributed by atoms with Gasteiger partial charge in [0.2, 0.25) is 5.91 Å². The molecular weight excluding hydrogens is 400 g/mol. The van der Waals surface area contributed by atoms with Gasteiger partial charge in [-0.05, 0) is 28.7 Å². The first-order valence-corrected chi connectivity index (χ1v) is 10.5. The number of anilines is 1. The zero-order valence-electron chi connectivity index (χ0n) is 17.5. The normalized spacial score (nSPS) is 10.5. The van der Waals surface area contributed by atoms with Crippen molar-refractivity contribution in [1.29, 1.82) is 0 Å². The Bertz CT molecular complexity index is 1170. The second-order valence-corrected chi connectivity index (χ2v) is 7.44. The first-order valence-electron chi connectivity index (χ1n) is 10.5. The molecule has 6 heteroatoms. The molecule has 6 nitrogen and oxygen atoms in total. The van der Waals surface area contributed by atoms with E-state index >= 15 is 0 Å². The lowest BCUT2D eigenvalue weighted by molar-refractivity contribution is -0.115. The molecule has 32 heavy (non-hydrogen) atoms. The Hall–Kier alpha value is -4.19. The van der Waals surface area contributed by atoms with Crippen LogP contribution in [-0.4, -0.2) is 28.6 Å². The van der Waals surface area contributed by atoms with Gasteiger partial charge in [0, 0.05) is 6.54 Å². The molecule has 0 aliphatic rings. The largest absolute Gasteiger partial charge is 0.350 e. The maximum atomic E-state index is 12.5. The van der Waals surface area contributed by atoms with Gasteiger partial charge in [-0.2, -0.15) is 5.10 Å². The SMILES string of the molecule is O=C(Cc1ccc(-c2ccccc2)cc1)Nc1cn[nH]c1C(=O)NCCc1ccccc1. The number of H-pyrrole nitrogens is 1. The standard InChI is InChI=1S/C26H24N4O2/c31-24(17-20-11-13-22(14-12-20)21-9-5-2-6-10-21)29-23-18-28-30-25(23)26(32)27-16-15-19-7-3-1-4-8-19/h1-14,18H,15-17H2,(H,27,32)(H,28,30)(H,29,31). The number of benzene rings is 3. The maximum absolute atomic E-state index is 12.5. The summed E-state index contributed by atoms with van der Waals surface area (Å²) in [5.41, 5.74) is 4.87. The van der Waals surface area contributed by atoms with Crippen LogP contribution in [-0.2, 0) is 17.6 Å². The summed E-state index contributed by atoms with van der Waals surface area (Å²) in [7, 11) is 0. The van der Waals surface area contributed by atoms with Crippen LogP contribution in [0.5, 0.6) is 0 Å². The van der Waals surface area contributed by atoms with E-state index in [2.05, 4.69) is 20.8 Å². The van der Waals surface area contributed by atoms with Crippen molar-refractivity contribution in [2.45, 2.75) is 12.8 Å². The van der Waals surface area contributed by atoms with Crippen LogP contribution in [0.25, 0.3) is 11.1 Å². The lowest BCUT2D eigenvalue weighted by atomic mass is 10.0. The zero-order chi connectivity index (χ0) is 22.2. The van der Waals surface area contributed by atoms with E-state index in [1.807, 2.05) is 84.9 Å². The van der Waals surface area contributed by atoms with Crippen LogP contribution in [0, 0.1) is 0 Å². The predicted molar refractivity (Wildman–Crippen MR) is 125 cm³/mol. The van der Waals surface area contributed by atoms with Gasteiger partial charge >= 0.3 is 0 Å². The zero-order valence-corrected chi connectivity index (χ0v) is 17.5. The van der Waals surface area contributed by atoms with Crippen molar-refractivity contribution in [2.75, 3.05) is 11.9 Å². The summed E-state index contributed by atoms with van der Waals surface area (Å²) in [6.45, 7) is 0.489. The van der Waals surface area contributed by atoms with Crippen LogP contribution >= 0.6 is 0 Å². The van der Waals surface area contributed by atoms with E-state index in [0.29, 0.717) is 12.2 Å². The highest BCUT2D eigenvalue weighted by molar-refractivity contribution is 6.02. The Morgan fingerprint density at radius 2 is 1.44 bits per heavy atom. The van der Waals surface area contributed by atoms with Gasteiger partial charge in [-0.3, -0.25) is 14.7 Å². The van der Waals surface area contributed by atoms with Crippen molar-refractivity contribution in [1.82, 2.24) is 15.5 Å². The van der Waals surface area contributed by atoms with E-state index in [-0.39, 0.29) is 23.9 Å². The van der Waals surface area contributed by atoms with Gasteiger partial charge in [0.25, 0.3) is 5.91 Å². The van der Waals surface area contributed by atoms with Crippen LogP contribution in [0.2, 0.25) is 0 Å². The van der Waals surface area contributed by atoms with Crippen molar-refractivity contribution < 1.29 is 9.59 Å². The third kappa shape index (κ3) is 5.49. The molecule has 0 aliphatic heterocycles. The second kappa shape index (κ2) is 10.2. The lowest BCUT2D eigenvalue weighted by Crippen LogP contribution is -2.27. The van der Waals surface area contributed by atoms with Gasteiger partial charge in [0.1, 0.15) is 5.69 Å². The summed E-state index contributed by atoms with van der Waals surface area (Å²) < 4.78 is 0. The first-order chi connectivity index (χ1) is 15.7. The van der Waals surface area contributed by atoms with E-state index in [4.69, 9.17) is 0 Å². The van der Waals surface area contributed by atoms with Crippen molar-refractivity contribution in [3.63, 3.8) is 0 Å². The molecule has 0 unspecified atom stereocenters. The minimum atomic E-state index is -0.305. The molecule has 0 saturated heterocycles. The Morgan fingerprint density at radius 1 is 0.781 bits per heavy atom. The number of rotatable bonds is 8. The monoisotopic (exact) mass is 424 g/mol. The number of nitrogens with zero attached hydrogens (tertiary/aromatic N) is 1. The Balaban J connectivity index is 1.31. The average molecular weight is 425 g/mol. The molecule has 0 bridgehead atoms. The van der Waals surface area contributed by atoms with Crippen LogP contribution in [0.1, 0.15) is 21.6 Å². The van der Waals surface area contributed by atoms with E-state index in [1.54, 1.807) is 0 Å². The number of carbonyl (C=O) groups is 2. The molecule has 0 radical (unpaired) electrons. The Morgan fingerprint density at radius 3 is 2.16 bits per heavy atom. The summed E-state index contributed by atoms with van der Waals surface area (Å²) in [6, 6.07) is 27.9. The maximum Gasteiger partial charge on any atom is 0.271 e. The number of nitrogens with one attached hydrogen (secondary N) is 3. The van der Waals surface area contributed by atoms with Gasteiger partial charge in [-0.1, -0.05) is 84.9 Å². The molecular formula is C26H24N4O2. The lowest BCUT2D eigenvalue weighted by Gasteiger charge is -2.08. The first kappa shape index (κ1) is 21.1. The van der Waals surface area contributed by atoms with Crippen molar-refractivity contribution in [3.05, 3.63) is 108 Å². The van der Waals surface area contributed by atoms with Crippen molar-refractivity contribution in [3.8, 4) is 11.1 Å². The fourth-order valence-electron chi connectivity index (χ4n) is 3.43. The molecule has 2 amide bonds. The number of aromatic nitrogens is 2. The van der Waals surface area contributed by atoms with Crippen LogP contribution in [0.3, 0.4) is 0 Å². The molecule has 1 aromatic heterocycles. The summed E-state index contributed by atoms with van der Waals surface area (Å²) in [6.07, 6.45) is 2.37. The molecule has 0 atom stereocenters. The highest BCUT2D eigenvalue weighted by Gasteiger charge is 2.16. The van der Waals surface area contributed by atoms with Crippen molar-refractivity contribution >= 4 is 17.5 Å². The minimum Gasteiger partial charge on any atom is -0.350 e. The fraction of sp³-hybridized carbons (Fsp3) is 0.115. The molecule has 0 saturated carbocycles. The summed E-state index contributed by atoms with van der Waals surface area (Å²) in [4.78, 5) is 25.0. The van der Waals surface area contributed by atoms with E-state index in [9.17, 15) is 9.59 Å². The second-order valence-electron chi connectivity index (χ2n) is 7.44. The summed E-state index contributed by atoms with van der Waals surface area (Å²) >= 11 is 0. The molecule has 4 aromatic rings. The van der Waals surface area contributed by atoms with Crippen LogP contribution in [0.15, 0.2) is 91.1 Å². The smallest absolute Gasteiger partial charge is 0.271 e. The molecule has 1 heterocycles. The quantitative estimate of drug-likeness (QED) is 0.396.